The lowest BCUT2D eigenvalue weighted by molar-refractivity contribution is 0.0657. The molecule has 7 heteroatoms. The summed E-state index contributed by atoms with van der Waals surface area (Å²) in [5.74, 6) is 2.16. The first-order valence-electron chi connectivity index (χ1n) is 9.81. The molecule has 0 aliphatic rings. The quantitative estimate of drug-likeness (QED) is 0.348. The van der Waals surface area contributed by atoms with Gasteiger partial charge in [0.25, 0.3) is 0 Å². The third-order valence-corrected chi connectivity index (χ3v) is 4.53. The number of aryl methyl sites for hydroxylation is 3. The van der Waals surface area contributed by atoms with Gasteiger partial charge in [0.05, 0.1) is 6.54 Å². The number of guanidine groups is 1. The predicted molar refractivity (Wildman–Crippen MR) is 112 cm³/mol. The zero-order valence-electron chi connectivity index (χ0n) is 17.3. The van der Waals surface area contributed by atoms with E-state index >= 15 is 0 Å². The summed E-state index contributed by atoms with van der Waals surface area (Å²) in [6.07, 6.45) is 3.60. The highest BCUT2D eigenvalue weighted by Gasteiger charge is 2.27. The van der Waals surface area contributed by atoms with Crippen molar-refractivity contribution in [2.24, 2.45) is 4.99 Å². The first-order valence-corrected chi connectivity index (χ1v) is 9.81. The van der Waals surface area contributed by atoms with Crippen molar-refractivity contribution in [2.75, 3.05) is 19.6 Å². The minimum Gasteiger partial charge on any atom is -0.466 e. The lowest BCUT2D eigenvalue weighted by Crippen LogP contribution is -2.39. The standard InChI is InChI=1S/C21H32N4O3/c1-5-22-20(23-11-7-9-13-25-12-8-6-10-19(25)26)24-15-21(4,27)18-14-16(2)28-17(18)3/h6,8,10,12,14,27H,5,7,9,11,13,15H2,1-4H3,(H2,22,23,24). The second-order valence-electron chi connectivity index (χ2n) is 7.16. The molecule has 2 rings (SSSR count). The number of nitrogens with one attached hydrogen (secondary N) is 2. The summed E-state index contributed by atoms with van der Waals surface area (Å²) >= 11 is 0. The topological polar surface area (TPSA) is 91.8 Å². The molecule has 0 fully saturated rings. The molecule has 0 aliphatic heterocycles. The molecule has 0 aliphatic carbocycles. The molecule has 0 spiro atoms. The van der Waals surface area contributed by atoms with Crippen molar-refractivity contribution in [1.29, 1.82) is 0 Å². The van der Waals surface area contributed by atoms with Crippen LogP contribution in [0.2, 0.25) is 0 Å². The number of unbranched alkanes of at least 4 members (excludes halogenated alkanes) is 1. The van der Waals surface area contributed by atoms with E-state index in [0.717, 1.165) is 37.3 Å². The normalized spacial score (nSPS) is 14.0. The van der Waals surface area contributed by atoms with Crippen LogP contribution in [0, 0.1) is 13.8 Å². The molecule has 7 nitrogen and oxygen atoms in total. The molecule has 1 atom stereocenters. The van der Waals surface area contributed by atoms with Crippen LogP contribution in [0.15, 0.2) is 44.7 Å². The van der Waals surface area contributed by atoms with Crippen LogP contribution in [0.3, 0.4) is 0 Å². The van der Waals surface area contributed by atoms with Gasteiger partial charge in [-0.05, 0) is 52.7 Å². The van der Waals surface area contributed by atoms with Gasteiger partial charge in [-0.1, -0.05) is 6.07 Å². The third kappa shape index (κ3) is 6.27. The fourth-order valence-electron chi connectivity index (χ4n) is 3.08. The Morgan fingerprint density at radius 3 is 2.71 bits per heavy atom. The monoisotopic (exact) mass is 388 g/mol. The lowest BCUT2D eigenvalue weighted by Gasteiger charge is -2.21. The highest BCUT2D eigenvalue weighted by molar-refractivity contribution is 5.79. The van der Waals surface area contributed by atoms with Gasteiger partial charge in [0.2, 0.25) is 5.56 Å². The van der Waals surface area contributed by atoms with E-state index in [-0.39, 0.29) is 12.1 Å². The highest BCUT2D eigenvalue weighted by atomic mass is 16.3. The van der Waals surface area contributed by atoms with Crippen LogP contribution in [0.1, 0.15) is 43.8 Å². The number of aliphatic imine (C=N–C) groups is 1. The molecule has 2 heterocycles. The van der Waals surface area contributed by atoms with Crippen LogP contribution in [0.5, 0.6) is 0 Å². The lowest BCUT2D eigenvalue weighted by atomic mass is 9.96. The molecule has 2 aromatic rings. The highest BCUT2D eigenvalue weighted by Crippen LogP contribution is 2.27. The average Bonchev–Trinajstić information content (AvgIpc) is 3.00. The molecule has 3 N–H and O–H groups in total. The Bertz CT molecular complexity index is 836. The number of hydrogen-bond donors (Lipinski definition) is 3. The molecule has 1 unspecified atom stereocenters. The molecule has 0 bridgehead atoms. The maximum absolute atomic E-state index is 11.7. The number of furan rings is 1. The maximum atomic E-state index is 11.7. The number of hydrogen-bond acceptors (Lipinski definition) is 4. The Morgan fingerprint density at radius 2 is 2.07 bits per heavy atom. The van der Waals surface area contributed by atoms with Gasteiger partial charge in [-0.15, -0.1) is 0 Å². The van der Waals surface area contributed by atoms with E-state index < -0.39 is 5.60 Å². The van der Waals surface area contributed by atoms with Gasteiger partial charge in [-0.2, -0.15) is 0 Å². The van der Waals surface area contributed by atoms with Crippen LogP contribution >= 0.6 is 0 Å². The zero-order valence-corrected chi connectivity index (χ0v) is 17.3. The van der Waals surface area contributed by atoms with Crippen molar-refractivity contribution in [3.63, 3.8) is 0 Å². The SMILES string of the molecule is CCNC(=NCC(C)(O)c1cc(C)oc1C)NCCCCn1ccccc1=O. The summed E-state index contributed by atoms with van der Waals surface area (Å²) in [5.41, 5.74) is -0.311. The van der Waals surface area contributed by atoms with Crippen molar-refractivity contribution in [2.45, 2.75) is 52.7 Å². The number of pyridine rings is 1. The van der Waals surface area contributed by atoms with Gasteiger partial charge in [0, 0.05) is 37.5 Å². The predicted octanol–water partition coefficient (Wildman–Crippen LogP) is 2.30. The molecular formula is C21H32N4O3. The van der Waals surface area contributed by atoms with Gasteiger partial charge in [0.1, 0.15) is 17.1 Å². The Labute approximate surface area is 166 Å². The second kappa shape index (κ2) is 10.1. The summed E-state index contributed by atoms with van der Waals surface area (Å²) in [5, 5.41) is 17.3. The molecule has 0 amide bonds. The largest absolute Gasteiger partial charge is 0.466 e. The van der Waals surface area contributed by atoms with Gasteiger partial charge in [0.15, 0.2) is 5.96 Å². The molecule has 0 saturated carbocycles. The van der Waals surface area contributed by atoms with E-state index in [0.29, 0.717) is 18.3 Å². The first-order chi connectivity index (χ1) is 13.3. The van der Waals surface area contributed by atoms with E-state index in [1.165, 1.54) is 0 Å². The van der Waals surface area contributed by atoms with Gasteiger partial charge >= 0.3 is 0 Å². The molecule has 0 saturated heterocycles. The van der Waals surface area contributed by atoms with Crippen molar-refractivity contribution in [1.82, 2.24) is 15.2 Å². The van der Waals surface area contributed by atoms with Crippen LogP contribution < -0.4 is 16.2 Å². The fraction of sp³-hybridized carbons (Fsp3) is 0.524. The van der Waals surface area contributed by atoms with Gasteiger partial charge in [-0.3, -0.25) is 4.79 Å². The molecule has 154 valence electrons. The summed E-state index contributed by atoms with van der Waals surface area (Å²) in [7, 11) is 0. The van der Waals surface area contributed by atoms with E-state index in [1.54, 1.807) is 23.6 Å². The summed E-state index contributed by atoms with van der Waals surface area (Å²) in [6, 6.07) is 7.05. The number of aliphatic hydroxyl groups is 1. The van der Waals surface area contributed by atoms with Gasteiger partial charge in [-0.25, -0.2) is 4.99 Å². The number of rotatable bonds is 9. The minimum absolute atomic E-state index is 0.0253. The summed E-state index contributed by atoms with van der Waals surface area (Å²) < 4.78 is 7.24. The van der Waals surface area contributed by atoms with Crippen LogP contribution in [0.25, 0.3) is 0 Å². The third-order valence-electron chi connectivity index (χ3n) is 4.53. The summed E-state index contributed by atoms with van der Waals surface area (Å²) in [6.45, 7) is 9.85. The molecule has 2 aromatic heterocycles. The van der Waals surface area contributed by atoms with E-state index in [2.05, 4.69) is 15.6 Å². The van der Waals surface area contributed by atoms with Crippen molar-refractivity contribution < 1.29 is 9.52 Å². The minimum atomic E-state index is -1.10. The Kier molecular flexibility index (Phi) is 7.87. The average molecular weight is 389 g/mol. The van der Waals surface area contributed by atoms with Crippen LogP contribution in [-0.2, 0) is 12.1 Å². The zero-order chi connectivity index (χ0) is 20.6. The van der Waals surface area contributed by atoms with Crippen molar-refractivity contribution >= 4 is 5.96 Å². The first kappa shape index (κ1) is 21.8. The van der Waals surface area contributed by atoms with E-state index in [1.807, 2.05) is 39.1 Å². The van der Waals surface area contributed by atoms with E-state index in [9.17, 15) is 9.90 Å². The summed E-state index contributed by atoms with van der Waals surface area (Å²) in [4.78, 5) is 16.2. The number of aromatic nitrogens is 1. The van der Waals surface area contributed by atoms with Crippen molar-refractivity contribution in [3.05, 3.63) is 57.9 Å². The Hall–Kier alpha value is -2.54. The Balaban J connectivity index is 1.85. The van der Waals surface area contributed by atoms with Crippen molar-refractivity contribution in [3.8, 4) is 0 Å². The molecule has 28 heavy (non-hydrogen) atoms. The number of nitrogens with zero attached hydrogens (tertiary/aromatic N) is 2. The van der Waals surface area contributed by atoms with Crippen LogP contribution in [0.4, 0.5) is 0 Å². The molecule has 0 aromatic carbocycles. The van der Waals surface area contributed by atoms with E-state index in [4.69, 9.17) is 4.42 Å². The smallest absolute Gasteiger partial charge is 0.250 e. The Morgan fingerprint density at radius 1 is 1.29 bits per heavy atom. The molecular weight excluding hydrogens is 356 g/mol. The van der Waals surface area contributed by atoms with Gasteiger partial charge < -0.3 is 24.7 Å². The second-order valence-corrected chi connectivity index (χ2v) is 7.16. The molecule has 0 radical (unpaired) electrons. The fourth-order valence-corrected chi connectivity index (χ4v) is 3.08. The van der Waals surface area contributed by atoms with Crippen LogP contribution in [-0.4, -0.2) is 35.3 Å². The maximum Gasteiger partial charge on any atom is 0.250 e.